The monoisotopic (exact) mass is 447 g/mol. The van der Waals surface area contributed by atoms with Crippen molar-refractivity contribution in [2.75, 3.05) is 7.05 Å². The van der Waals surface area contributed by atoms with Gasteiger partial charge in [-0.3, -0.25) is 14.2 Å². The van der Waals surface area contributed by atoms with Crippen molar-refractivity contribution < 1.29 is 4.79 Å². The van der Waals surface area contributed by atoms with E-state index in [2.05, 4.69) is 9.97 Å². The zero-order chi connectivity index (χ0) is 22.4. The highest BCUT2D eigenvalue weighted by Gasteiger charge is 2.28. The number of amides is 1. The van der Waals surface area contributed by atoms with E-state index in [-0.39, 0.29) is 11.5 Å². The number of fused-ring (bicyclic) bond motifs is 2. The molecule has 2 aromatic carbocycles. The van der Waals surface area contributed by atoms with Gasteiger partial charge < -0.3 is 9.47 Å². The SMILES string of the molecule is CN(C(=O)c1ccc2c(=O)n3c(nc2c1)CCC3)C(c1ccc(Cl)cc1)c1nccn1C. The number of hydrogen-bond donors (Lipinski definition) is 0. The number of benzene rings is 2. The Kier molecular flexibility index (Phi) is 5.06. The maximum absolute atomic E-state index is 13.5. The third-order valence-electron chi connectivity index (χ3n) is 6.06. The largest absolute Gasteiger partial charge is 0.336 e. The highest BCUT2D eigenvalue weighted by molar-refractivity contribution is 6.30. The van der Waals surface area contributed by atoms with Gasteiger partial charge in [0, 0.05) is 50.0 Å². The molecule has 2 aromatic heterocycles. The fourth-order valence-corrected chi connectivity index (χ4v) is 4.50. The molecular weight excluding hydrogens is 426 g/mol. The molecule has 4 aromatic rings. The maximum atomic E-state index is 13.5. The number of hydrogen-bond acceptors (Lipinski definition) is 4. The Morgan fingerprint density at radius 3 is 2.69 bits per heavy atom. The third kappa shape index (κ3) is 3.39. The minimum atomic E-state index is -0.408. The molecule has 0 spiro atoms. The molecule has 0 N–H and O–H groups in total. The van der Waals surface area contributed by atoms with Crippen LogP contribution in [0.15, 0.2) is 59.7 Å². The first-order valence-corrected chi connectivity index (χ1v) is 10.8. The van der Waals surface area contributed by atoms with Gasteiger partial charge in [0.25, 0.3) is 11.5 Å². The Morgan fingerprint density at radius 1 is 1.19 bits per heavy atom. The van der Waals surface area contributed by atoms with Crippen LogP contribution in [0.2, 0.25) is 5.02 Å². The summed E-state index contributed by atoms with van der Waals surface area (Å²) in [5.74, 6) is 1.34. The van der Waals surface area contributed by atoms with Crippen LogP contribution >= 0.6 is 11.6 Å². The second-order valence-corrected chi connectivity index (χ2v) is 8.52. The quantitative estimate of drug-likeness (QED) is 0.479. The first kappa shape index (κ1) is 20.5. The summed E-state index contributed by atoms with van der Waals surface area (Å²) in [5, 5.41) is 1.16. The highest BCUT2D eigenvalue weighted by atomic mass is 35.5. The fraction of sp³-hybridized carbons (Fsp3) is 0.250. The summed E-state index contributed by atoms with van der Waals surface area (Å²) < 4.78 is 3.63. The zero-order valence-electron chi connectivity index (χ0n) is 17.8. The van der Waals surface area contributed by atoms with Crippen LogP contribution in [-0.2, 0) is 20.0 Å². The van der Waals surface area contributed by atoms with Gasteiger partial charge in [-0.15, -0.1) is 0 Å². The second kappa shape index (κ2) is 7.91. The lowest BCUT2D eigenvalue weighted by molar-refractivity contribution is 0.0748. The molecule has 1 atom stereocenters. The van der Waals surface area contributed by atoms with Crippen LogP contribution in [0, 0.1) is 0 Å². The summed E-state index contributed by atoms with van der Waals surface area (Å²) in [4.78, 5) is 37.1. The summed E-state index contributed by atoms with van der Waals surface area (Å²) >= 11 is 6.08. The Hall–Kier alpha value is -3.45. The Labute approximate surface area is 189 Å². The third-order valence-corrected chi connectivity index (χ3v) is 6.31. The Morgan fingerprint density at radius 2 is 1.97 bits per heavy atom. The van der Waals surface area contributed by atoms with Crippen molar-refractivity contribution in [2.24, 2.45) is 7.05 Å². The number of imidazole rings is 1. The molecule has 1 unspecified atom stereocenters. The average molecular weight is 448 g/mol. The van der Waals surface area contributed by atoms with Gasteiger partial charge in [0.2, 0.25) is 0 Å². The van der Waals surface area contributed by atoms with Crippen LogP contribution in [-0.4, -0.2) is 37.0 Å². The van der Waals surface area contributed by atoms with Crippen LogP contribution in [0.25, 0.3) is 10.9 Å². The van der Waals surface area contributed by atoms with Crippen molar-refractivity contribution in [3.63, 3.8) is 0 Å². The van der Waals surface area contributed by atoms with E-state index >= 15 is 0 Å². The van der Waals surface area contributed by atoms with Crippen molar-refractivity contribution >= 4 is 28.4 Å². The molecule has 1 amide bonds. The lowest BCUT2D eigenvalue weighted by Gasteiger charge is -2.28. The first-order chi connectivity index (χ1) is 15.4. The average Bonchev–Trinajstić information content (AvgIpc) is 3.44. The zero-order valence-corrected chi connectivity index (χ0v) is 18.6. The van der Waals surface area contributed by atoms with Gasteiger partial charge in [-0.05, 0) is 42.3 Å². The van der Waals surface area contributed by atoms with Gasteiger partial charge in [0.15, 0.2) is 0 Å². The standard InChI is InChI=1S/C24H22ClN5O2/c1-28-13-11-26-22(28)21(15-5-8-17(25)9-6-15)29(2)23(31)16-7-10-18-19(14-16)27-20-4-3-12-30(20)24(18)32/h5-11,13-14,21H,3-4,12H2,1-2H3. The van der Waals surface area contributed by atoms with Crippen molar-refractivity contribution in [3.8, 4) is 0 Å². The molecule has 32 heavy (non-hydrogen) atoms. The molecule has 0 bridgehead atoms. The van der Waals surface area contributed by atoms with E-state index < -0.39 is 6.04 Å². The number of carbonyl (C=O) groups excluding carboxylic acids is 1. The first-order valence-electron chi connectivity index (χ1n) is 10.5. The predicted octanol–water partition coefficient (Wildman–Crippen LogP) is 3.59. The summed E-state index contributed by atoms with van der Waals surface area (Å²) in [7, 11) is 3.66. The molecule has 0 fully saturated rings. The molecule has 0 saturated heterocycles. The summed E-state index contributed by atoms with van der Waals surface area (Å²) in [6.45, 7) is 0.701. The topological polar surface area (TPSA) is 73.0 Å². The lowest BCUT2D eigenvalue weighted by Crippen LogP contribution is -2.33. The molecule has 5 rings (SSSR count). The number of carbonyl (C=O) groups is 1. The number of aromatic nitrogens is 4. The van der Waals surface area contributed by atoms with Gasteiger partial charge in [-0.2, -0.15) is 0 Å². The van der Waals surface area contributed by atoms with E-state index in [9.17, 15) is 9.59 Å². The smallest absolute Gasteiger partial charge is 0.261 e. The van der Waals surface area contributed by atoms with E-state index in [1.165, 1.54) is 0 Å². The normalized spacial score (nSPS) is 13.8. The fourth-order valence-electron chi connectivity index (χ4n) is 4.37. The molecule has 0 saturated carbocycles. The molecule has 1 aliphatic rings. The van der Waals surface area contributed by atoms with Gasteiger partial charge in [0.1, 0.15) is 17.7 Å². The van der Waals surface area contributed by atoms with Crippen molar-refractivity contribution in [2.45, 2.75) is 25.4 Å². The van der Waals surface area contributed by atoms with Gasteiger partial charge in [0.05, 0.1) is 10.9 Å². The summed E-state index contributed by atoms with van der Waals surface area (Å²) in [6.07, 6.45) is 5.26. The van der Waals surface area contributed by atoms with Gasteiger partial charge in [-0.1, -0.05) is 23.7 Å². The highest BCUT2D eigenvalue weighted by Crippen LogP contribution is 2.29. The Balaban J connectivity index is 1.56. The van der Waals surface area contributed by atoms with Crippen LogP contribution in [0.4, 0.5) is 0 Å². The van der Waals surface area contributed by atoms with Crippen LogP contribution in [0.3, 0.4) is 0 Å². The number of halogens is 1. The molecular formula is C24H22ClN5O2. The van der Waals surface area contributed by atoms with E-state index in [0.717, 1.165) is 30.1 Å². The number of nitrogens with zero attached hydrogens (tertiary/aromatic N) is 5. The molecule has 0 radical (unpaired) electrons. The summed E-state index contributed by atoms with van der Waals surface area (Å²) in [5.41, 5.74) is 1.89. The summed E-state index contributed by atoms with van der Waals surface area (Å²) in [6, 6.07) is 12.1. The van der Waals surface area contributed by atoms with E-state index in [1.807, 2.05) is 29.9 Å². The Bertz CT molecular complexity index is 1390. The van der Waals surface area contributed by atoms with Crippen molar-refractivity contribution in [1.82, 2.24) is 24.0 Å². The molecule has 162 valence electrons. The number of rotatable bonds is 4. The van der Waals surface area contributed by atoms with Crippen LogP contribution in [0.1, 0.15) is 40.0 Å². The van der Waals surface area contributed by atoms with E-state index in [0.29, 0.717) is 28.0 Å². The van der Waals surface area contributed by atoms with Crippen LogP contribution < -0.4 is 5.56 Å². The molecule has 7 nitrogen and oxygen atoms in total. The minimum absolute atomic E-state index is 0.0399. The second-order valence-electron chi connectivity index (χ2n) is 8.09. The van der Waals surface area contributed by atoms with E-state index in [1.54, 1.807) is 53.0 Å². The molecule has 1 aliphatic heterocycles. The maximum Gasteiger partial charge on any atom is 0.261 e. The van der Waals surface area contributed by atoms with Crippen molar-refractivity contribution in [3.05, 3.63) is 93.0 Å². The lowest BCUT2D eigenvalue weighted by atomic mass is 10.0. The minimum Gasteiger partial charge on any atom is -0.336 e. The van der Waals surface area contributed by atoms with Crippen LogP contribution in [0.5, 0.6) is 0 Å². The van der Waals surface area contributed by atoms with Crippen molar-refractivity contribution in [1.29, 1.82) is 0 Å². The molecule has 8 heteroatoms. The predicted molar refractivity (Wildman–Crippen MR) is 123 cm³/mol. The van der Waals surface area contributed by atoms with E-state index in [4.69, 9.17) is 11.6 Å². The molecule has 3 heterocycles. The number of aryl methyl sites for hydroxylation is 2. The van der Waals surface area contributed by atoms with Gasteiger partial charge in [-0.25, -0.2) is 9.97 Å². The molecule has 0 aliphatic carbocycles. The van der Waals surface area contributed by atoms with Gasteiger partial charge >= 0.3 is 0 Å².